The number of aromatic carboxylic acids is 1. The van der Waals surface area contributed by atoms with Gasteiger partial charge in [0.2, 0.25) is 0 Å². The highest BCUT2D eigenvalue weighted by Crippen LogP contribution is 2.33. The molecule has 1 unspecified atom stereocenters. The summed E-state index contributed by atoms with van der Waals surface area (Å²) in [5.74, 6) is -1.01. The number of amides is 1. The normalized spacial score (nSPS) is 22.0. The zero-order valence-corrected chi connectivity index (χ0v) is 12.4. The van der Waals surface area contributed by atoms with E-state index in [9.17, 15) is 9.59 Å². The standard InChI is InChI=1S/C16H20N2O4/c19-15(20)12-8-11(9-17-10-12)14-6-3-7-18(14)16(21)22-13-4-1-2-5-13/h8-10,13-14H,1-7H2,(H,19,20). The predicted molar refractivity (Wildman–Crippen MR) is 78.6 cm³/mol. The maximum absolute atomic E-state index is 12.4. The lowest BCUT2D eigenvalue weighted by Crippen LogP contribution is -2.33. The molecule has 1 aromatic heterocycles. The highest BCUT2D eigenvalue weighted by molar-refractivity contribution is 5.87. The SMILES string of the molecule is O=C(O)c1cncc(C2CCCN2C(=O)OC2CCCC2)c1. The van der Waals surface area contributed by atoms with Crippen molar-refractivity contribution >= 4 is 12.1 Å². The summed E-state index contributed by atoms with van der Waals surface area (Å²) in [6.07, 6.45) is 8.54. The highest BCUT2D eigenvalue weighted by atomic mass is 16.6. The number of rotatable bonds is 3. The lowest BCUT2D eigenvalue weighted by atomic mass is 10.1. The van der Waals surface area contributed by atoms with Crippen LogP contribution in [-0.2, 0) is 4.74 Å². The van der Waals surface area contributed by atoms with Gasteiger partial charge in [-0.15, -0.1) is 0 Å². The van der Waals surface area contributed by atoms with Gasteiger partial charge >= 0.3 is 12.1 Å². The minimum Gasteiger partial charge on any atom is -0.478 e. The molecule has 0 spiro atoms. The number of ether oxygens (including phenoxy) is 1. The Balaban J connectivity index is 1.73. The van der Waals surface area contributed by atoms with Crippen LogP contribution in [-0.4, -0.2) is 39.7 Å². The monoisotopic (exact) mass is 304 g/mol. The van der Waals surface area contributed by atoms with Crippen LogP contribution in [0.1, 0.15) is 60.5 Å². The molecule has 1 aliphatic heterocycles. The summed E-state index contributed by atoms with van der Waals surface area (Å²) in [7, 11) is 0. The van der Waals surface area contributed by atoms with Crippen molar-refractivity contribution < 1.29 is 19.4 Å². The van der Waals surface area contributed by atoms with Gasteiger partial charge in [-0.3, -0.25) is 4.98 Å². The van der Waals surface area contributed by atoms with Crippen molar-refractivity contribution in [2.75, 3.05) is 6.54 Å². The maximum Gasteiger partial charge on any atom is 0.410 e. The Labute approximate surface area is 129 Å². The lowest BCUT2D eigenvalue weighted by Gasteiger charge is -2.26. The first-order valence-corrected chi connectivity index (χ1v) is 7.80. The first kappa shape index (κ1) is 14.8. The van der Waals surface area contributed by atoms with Crippen molar-refractivity contribution in [2.24, 2.45) is 0 Å². The Kier molecular flexibility index (Phi) is 4.27. The molecule has 3 rings (SSSR count). The number of carbonyl (C=O) groups excluding carboxylic acids is 1. The molecule has 2 aliphatic rings. The number of carbonyl (C=O) groups is 2. The molecule has 1 saturated carbocycles. The van der Waals surface area contributed by atoms with Gasteiger partial charge in [0, 0.05) is 18.9 Å². The molecule has 0 radical (unpaired) electrons. The second kappa shape index (κ2) is 6.34. The van der Waals surface area contributed by atoms with E-state index in [2.05, 4.69) is 4.98 Å². The molecule has 6 heteroatoms. The smallest absolute Gasteiger partial charge is 0.410 e. The van der Waals surface area contributed by atoms with Crippen molar-refractivity contribution in [1.29, 1.82) is 0 Å². The molecule has 6 nitrogen and oxygen atoms in total. The van der Waals surface area contributed by atoms with Crippen LogP contribution in [0, 0.1) is 0 Å². The van der Waals surface area contributed by atoms with E-state index in [-0.39, 0.29) is 23.8 Å². The molecule has 0 aromatic carbocycles. The molecule has 1 aromatic rings. The van der Waals surface area contributed by atoms with Crippen LogP contribution in [0.15, 0.2) is 18.5 Å². The van der Waals surface area contributed by atoms with Gasteiger partial charge in [-0.25, -0.2) is 9.59 Å². The number of nitrogens with zero attached hydrogens (tertiary/aromatic N) is 2. The summed E-state index contributed by atoms with van der Waals surface area (Å²) in [5, 5.41) is 9.07. The molecule has 2 heterocycles. The number of hydrogen-bond donors (Lipinski definition) is 1. The van der Waals surface area contributed by atoms with Crippen LogP contribution < -0.4 is 0 Å². The molecule has 22 heavy (non-hydrogen) atoms. The molecular weight excluding hydrogens is 284 g/mol. The van der Waals surface area contributed by atoms with Crippen LogP contribution in [0.2, 0.25) is 0 Å². The van der Waals surface area contributed by atoms with E-state index in [0.717, 1.165) is 44.1 Å². The predicted octanol–water partition coefficient (Wildman–Crippen LogP) is 3.00. The fourth-order valence-corrected chi connectivity index (χ4v) is 3.31. The molecular formula is C16H20N2O4. The lowest BCUT2D eigenvalue weighted by molar-refractivity contribution is 0.0619. The van der Waals surface area contributed by atoms with Gasteiger partial charge in [-0.05, 0) is 50.2 Å². The van der Waals surface area contributed by atoms with Gasteiger partial charge < -0.3 is 14.7 Å². The Bertz CT molecular complexity index is 569. The van der Waals surface area contributed by atoms with Crippen LogP contribution in [0.5, 0.6) is 0 Å². The first-order chi connectivity index (χ1) is 10.6. The first-order valence-electron chi connectivity index (χ1n) is 7.80. The summed E-state index contributed by atoms with van der Waals surface area (Å²) >= 11 is 0. The van der Waals surface area contributed by atoms with E-state index in [1.807, 2.05) is 0 Å². The van der Waals surface area contributed by atoms with Crippen molar-refractivity contribution in [2.45, 2.75) is 50.7 Å². The van der Waals surface area contributed by atoms with Gasteiger partial charge in [-0.2, -0.15) is 0 Å². The highest BCUT2D eigenvalue weighted by Gasteiger charge is 2.33. The third-order valence-electron chi connectivity index (χ3n) is 4.45. The van der Waals surface area contributed by atoms with E-state index in [1.54, 1.807) is 17.2 Å². The third-order valence-corrected chi connectivity index (χ3v) is 4.45. The van der Waals surface area contributed by atoms with E-state index in [1.165, 1.54) is 6.20 Å². The summed E-state index contributed by atoms with van der Waals surface area (Å²) < 4.78 is 5.57. The fourth-order valence-electron chi connectivity index (χ4n) is 3.31. The minimum atomic E-state index is -1.01. The van der Waals surface area contributed by atoms with E-state index < -0.39 is 5.97 Å². The van der Waals surface area contributed by atoms with E-state index >= 15 is 0 Å². The topological polar surface area (TPSA) is 79.7 Å². The molecule has 0 bridgehead atoms. The van der Waals surface area contributed by atoms with Crippen molar-refractivity contribution in [3.8, 4) is 0 Å². The van der Waals surface area contributed by atoms with Crippen LogP contribution >= 0.6 is 0 Å². The summed E-state index contributed by atoms with van der Waals surface area (Å²) in [4.78, 5) is 29.1. The number of hydrogen-bond acceptors (Lipinski definition) is 4. The van der Waals surface area contributed by atoms with Gasteiger partial charge in [0.25, 0.3) is 0 Å². The summed E-state index contributed by atoms with van der Waals surface area (Å²) in [6.45, 7) is 0.646. The molecule has 1 atom stereocenters. The Morgan fingerprint density at radius 3 is 2.68 bits per heavy atom. The molecule has 1 N–H and O–H groups in total. The Hall–Kier alpha value is -2.11. The molecule has 1 amide bonds. The summed E-state index contributed by atoms with van der Waals surface area (Å²) in [5.41, 5.74) is 0.911. The molecule has 2 fully saturated rings. The second-order valence-electron chi connectivity index (χ2n) is 5.95. The van der Waals surface area contributed by atoms with E-state index in [0.29, 0.717) is 6.54 Å². The zero-order chi connectivity index (χ0) is 15.5. The molecule has 1 saturated heterocycles. The number of aromatic nitrogens is 1. The minimum absolute atomic E-state index is 0.0391. The van der Waals surface area contributed by atoms with Gasteiger partial charge in [0.05, 0.1) is 11.6 Å². The van der Waals surface area contributed by atoms with Crippen molar-refractivity contribution in [3.05, 3.63) is 29.6 Å². The average molecular weight is 304 g/mol. The van der Waals surface area contributed by atoms with Crippen molar-refractivity contribution in [3.63, 3.8) is 0 Å². The number of carboxylic acids is 1. The average Bonchev–Trinajstić information content (AvgIpc) is 3.18. The van der Waals surface area contributed by atoms with Crippen LogP contribution in [0.3, 0.4) is 0 Å². The fraction of sp³-hybridized carbons (Fsp3) is 0.562. The third kappa shape index (κ3) is 3.05. The second-order valence-corrected chi connectivity index (χ2v) is 5.95. The zero-order valence-electron chi connectivity index (χ0n) is 12.4. The largest absolute Gasteiger partial charge is 0.478 e. The van der Waals surface area contributed by atoms with Crippen molar-refractivity contribution in [1.82, 2.24) is 9.88 Å². The summed E-state index contributed by atoms with van der Waals surface area (Å²) in [6, 6.07) is 1.46. The van der Waals surface area contributed by atoms with E-state index in [4.69, 9.17) is 9.84 Å². The van der Waals surface area contributed by atoms with Crippen LogP contribution in [0.4, 0.5) is 4.79 Å². The maximum atomic E-state index is 12.4. The number of likely N-dealkylation sites (tertiary alicyclic amines) is 1. The van der Waals surface area contributed by atoms with Crippen LogP contribution in [0.25, 0.3) is 0 Å². The Morgan fingerprint density at radius 2 is 1.95 bits per heavy atom. The van der Waals surface area contributed by atoms with Gasteiger partial charge in [-0.1, -0.05) is 0 Å². The molecule has 118 valence electrons. The number of pyridine rings is 1. The van der Waals surface area contributed by atoms with Gasteiger partial charge in [0.15, 0.2) is 0 Å². The number of carboxylic acid groups (broad SMARTS) is 1. The van der Waals surface area contributed by atoms with Gasteiger partial charge in [0.1, 0.15) is 6.10 Å². The molecule has 1 aliphatic carbocycles. The quantitative estimate of drug-likeness (QED) is 0.928. The Morgan fingerprint density at radius 1 is 1.18 bits per heavy atom.